The lowest BCUT2D eigenvalue weighted by Crippen LogP contribution is -2.22. The maximum atomic E-state index is 12.0. The van der Waals surface area contributed by atoms with Gasteiger partial charge in [-0.15, -0.1) is 0 Å². The highest BCUT2D eigenvalue weighted by atomic mass is 16.5. The number of Topliss-reactive ketones (excluding diaryl/α,β-unsaturated/α-hetero) is 1. The van der Waals surface area contributed by atoms with Gasteiger partial charge >= 0.3 is 5.97 Å². The molecule has 1 N–H and O–H groups in total. The summed E-state index contributed by atoms with van der Waals surface area (Å²) >= 11 is 0. The number of methoxy groups -OCH3 is 1. The number of carbonyl (C=O) groups excluding carboxylic acids is 2. The Kier molecular flexibility index (Phi) is 3.89. The normalized spacial score (nSPS) is 12.0. The minimum atomic E-state index is -0.830. The zero-order valence-electron chi connectivity index (χ0n) is 10.4. The predicted molar refractivity (Wildman–Crippen MR) is 63.1 cm³/mol. The molecular weight excluding hydrogens is 220 g/mol. The minimum Gasteiger partial charge on any atom is -0.507 e. The first-order chi connectivity index (χ1) is 7.88. The van der Waals surface area contributed by atoms with Crippen molar-refractivity contribution in [1.29, 1.82) is 0 Å². The number of benzene rings is 1. The van der Waals surface area contributed by atoms with Crippen molar-refractivity contribution in [3.63, 3.8) is 0 Å². The molecule has 0 fully saturated rings. The summed E-state index contributed by atoms with van der Waals surface area (Å²) in [7, 11) is 1.25. The van der Waals surface area contributed by atoms with Crippen LogP contribution in [0.15, 0.2) is 12.1 Å². The van der Waals surface area contributed by atoms with Crippen LogP contribution in [0, 0.1) is 19.8 Å². The second-order valence-electron chi connectivity index (χ2n) is 4.07. The van der Waals surface area contributed by atoms with Crippen LogP contribution in [0.4, 0.5) is 0 Å². The smallest absolute Gasteiger partial charge is 0.316 e. The molecular formula is C13H16O4. The number of hydrogen-bond acceptors (Lipinski definition) is 4. The van der Waals surface area contributed by atoms with Crippen molar-refractivity contribution >= 4 is 11.8 Å². The summed E-state index contributed by atoms with van der Waals surface area (Å²) in [5.74, 6) is -1.52. The van der Waals surface area contributed by atoms with Crippen molar-refractivity contribution in [3.8, 4) is 5.75 Å². The van der Waals surface area contributed by atoms with Crippen LogP contribution in [0.25, 0.3) is 0 Å². The first kappa shape index (κ1) is 13.2. The van der Waals surface area contributed by atoms with E-state index in [4.69, 9.17) is 0 Å². The molecule has 0 heterocycles. The Balaban J connectivity index is 3.09. The number of ketones is 1. The van der Waals surface area contributed by atoms with Gasteiger partial charge in [-0.3, -0.25) is 9.59 Å². The fraction of sp³-hybridized carbons (Fsp3) is 0.385. The van der Waals surface area contributed by atoms with Gasteiger partial charge in [-0.05, 0) is 44.0 Å². The fourth-order valence-corrected chi connectivity index (χ4v) is 1.63. The highest BCUT2D eigenvalue weighted by Crippen LogP contribution is 2.24. The van der Waals surface area contributed by atoms with Crippen molar-refractivity contribution in [2.75, 3.05) is 7.11 Å². The molecule has 0 aliphatic heterocycles. The molecule has 17 heavy (non-hydrogen) atoms. The van der Waals surface area contributed by atoms with E-state index < -0.39 is 11.9 Å². The molecule has 4 nitrogen and oxygen atoms in total. The maximum Gasteiger partial charge on any atom is 0.316 e. The van der Waals surface area contributed by atoms with Gasteiger partial charge in [0, 0.05) is 5.56 Å². The largest absolute Gasteiger partial charge is 0.507 e. The second kappa shape index (κ2) is 4.99. The lowest BCUT2D eigenvalue weighted by molar-refractivity contribution is -0.143. The third-order valence-corrected chi connectivity index (χ3v) is 2.72. The SMILES string of the molecule is COC(=O)C(C)C(=O)c1cc(C)c(O)c(C)c1. The van der Waals surface area contributed by atoms with Crippen LogP contribution in [0.2, 0.25) is 0 Å². The van der Waals surface area contributed by atoms with Crippen molar-refractivity contribution in [2.45, 2.75) is 20.8 Å². The van der Waals surface area contributed by atoms with Gasteiger partial charge in [0.25, 0.3) is 0 Å². The molecule has 0 aliphatic rings. The number of aryl methyl sites for hydroxylation is 2. The standard InChI is InChI=1S/C13H16O4/c1-7-5-10(6-8(2)11(7)14)12(15)9(3)13(16)17-4/h5-6,9,14H,1-4H3. The van der Waals surface area contributed by atoms with Crippen molar-refractivity contribution in [1.82, 2.24) is 0 Å². The van der Waals surface area contributed by atoms with E-state index in [-0.39, 0.29) is 11.5 Å². The van der Waals surface area contributed by atoms with Crippen LogP contribution in [-0.4, -0.2) is 24.0 Å². The molecule has 0 amide bonds. The topological polar surface area (TPSA) is 63.6 Å². The molecule has 0 bridgehead atoms. The molecule has 0 spiro atoms. The van der Waals surface area contributed by atoms with E-state index in [1.54, 1.807) is 26.0 Å². The third-order valence-electron chi connectivity index (χ3n) is 2.72. The number of ether oxygens (including phenoxy) is 1. The molecule has 1 aromatic carbocycles. The molecule has 0 saturated carbocycles. The van der Waals surface area contributed by atoms with Gasteiger partial charge in [-0.25, -0.2) is 0 Å². The summed E-state index contributed by atoms with van der Waals surface area (Å²) in [4.78, 5) is 23.2. The number of rotatable bonds is 3. The number of aromatic hydroxyl groups is 1. The van der Waals surface area contributed by atoms with Crippen molar-refractivity contribution < 1.29 is 19.4 Å². The third kappa shape index (κ3) is 2.64. The Morgan fingerprint density at radius 2 is 1.71 bits per heavy atom. The van der Waals surface area contributed by atoms with Crippen LogP contribution in [-0.2, 0) is 9.53 Å². The lowest BCUT2D eigenvalue weighted by atomic mass is 9.96. The molecule has 0 aromatic heterocycles. The van der Waals surface area contributed by atoms with Gasteiger partial charge < -0.3 is 9.84 Å². The van der Waals surface area contributed by atoms with E-state index in [1.165, 1.54) is 14.0 Å². The summed E-state index contributed by atoms with van der Waals surface area (Å²) < 4.78 is 4.53. The van der Waals surface area contributed by atoms with E-state index in [2.05, 4.69) is 4.74 Å². The van der Waals surface area contributed by atoms with Crippen LogP contribution in [0.5, 0.6) is 5.75 Å². The highest BCUT2D eigenvalue weighted by Gasteiger charge is 2.24. The molecule has 1 aromatic rings. The molecule has 1 unspecified atom stereocenters. The number of esters is 1. The zero-order chi connectivity index (χ0) is 13.2. The van der Waals surface area contributed by atoms with Gasteiger partial charge in [0.1, 0.15) is 11.7 Å². The van der Waals surface area contributed by atoms with Gasteiger partial charge in [-0.2, -0.15) is 0 Å². The van der Waals surface area contributed by atoms with Gasteiger partial charge in [0.15, 0.2) is 5.78 Å². The quantitative estimate of drug-likeness (QED) is 0.495. The first-order valence-electron chi connectivity index (χ1n) is 5.30. The van der Waals surface area contributed by atoms with Crippen LogP contribution >= 0.6 is 0 Å². The number of phenolic OH excluding ortho intramolecular Hbond substituents is 1. The number of hydrogen-bond donors (Lipinski definition) is 1. The summed E-state index contributed by atoms with van der Waals surface area (Å²) in [5.41, 5.74) is 1.64. The lowest BCUT2D eigenvalue weighted by Gasteiger charge is -2.10. The Bertz CT molecular complexity index is 439. The average Bonchev–Trinajstić information content (AvgIpc) is 2.32. The maximum absolute atomic E-state index is 12.0. The number of carbonyl (C=O) groups is 2. The van der Waals surface area contributed by atoms with Crippen LogP contribution in [0.1, 0.15) is 28.4 Å². The van der Waals surface area contributed by atoms with E-state index in [9.17, 15) is 14.7 Å². The van der Waals surface area contributed by atoms with E-state index in [0.29, 0.717) is 16.7 Å². The van der Waals surface area contributed by atoms with Crippen LogP contribution < -0.4 is 0 Å². The Labute approximate surface area is 100 Å². The average molecular weight is 236 g/mol. The second-order valence-corrected chi connectivity index (χ2v) is 4.07. The van der Waals surface area contributed by atoms with Crippen LogP contribution in [0.3, 0.4) is 0 Å². The zero-order valence-corrected chi connectivity index (χ0v) is 10.4. The minimum absolute atomic E-state index is 0.173. The fourth-order valence-electron chi connectivity index (χ4n) is 1.63. The molecule has 0 radical (unpaired) electrons. The molecule has 4 heteroatoms. The Morgan fingerprint density at radius 1 is 1.24 bits per heavy atom. The Hall–Kier alpha value is -1.84. The van der Waals surface area contributed by atoms with E-state index in [0.717, 1.165) is 0 Å². The predicted octanol–water partition coefficient (Wildman–Crippen LogP) is 2.00. The molecule has 1 rings (SSSR count). The van der Waals surface area contributed by atoms with Crippen molar-refractivity contribution in [3.05, 3.63) is 28.8 Å². The number of phenols is 1. The van der Waals surface area contributed by atoms with Gasteiger partial charge in [0.2, 0.25) is 0 Å². The van der Waals surface area contributed by atoms with E-state index >= 15 is 0 Å². The van der Waals surface area contributed by atoms with Gasteiger partial charge in [0.05, 0.1) is 7.11 Å². The van der Waals surface area contributed by atoms with Crippen molar-refractivity contribution in [2.24, 2.45) is 5.92 Å². The van der Waals surface area contributed by atoms with E-state index in [1.807, 2.05) is 0 Å². The summed E-state index contributed by atoms with van der Waals surface area (Å²) in [5, 5.41) is 9.60. The molecule has 0 saturated heterocycles. The first-order valence-corrected chi connectivity index (χ1v) is 5.30. The summed E-state index contributed by atoms with van der Waals surface area (Å²) in [6, 6.07) is 3.15. The highest BCUT2D eigenvalue weighted by molar-refractivity contribution is 6.08. The van der Waals surface area contributed by atoms with Gasteiger partial charge in [-0.1, -0.05) is 0 Å². The molecule has 1 atom stereocenters. The summed E-state index contributed by atoms with van der Waals surface area (Å²) in [6.07, 6.45) is 0. The Morgan fingerprint density at radius 3 is 2.12 bits per heavy atom. The summed E-state index contributed by atoms with van der Waals surface area (Å²) in [6.45, 7) is 4.93. The molecule has 0 aliphatic carbocycles. The monoisotopic (exact) mass is 236 g/mol. The molecule has 92 valence electrons.